The average molecular weight is 348 g/mol. The number of H-pyrrole nitrogens is 1. The highest BCUT2D eigenvalue weighted by Crippen LogP contribution is 2.25. The van der Waals surface area contributed by atoms with Gasteiger partial charge in [0.05, 0.1) is 31.1 Å². The van der Waals surface area contributed by atoms with Crippen molar-refractivity contribution in [3.05, 3.63) is 36.9 Å². The molecule has 1 fully saturated rings. The molecule has 3 aromatic heterocycles. The highest BCUT2D eigenvalue weighted by Gasteiger charge is 2.16. The van der Waals surface area contributed by atoms with Crippen molar-refractivity contribution in [1.29, 1.82) is 0 Å². The number of fused-ring (bicyclic) bond motifs is 2. The molecule has 1 aliphatic heterocycles. The molecule has 0 aliphatic carbocycles. The van der Waals surface area contributed by atoms with E-state index in [1.807, 2.05) is 18.2 Å². The molecule has 26 heavy (non-hydrogen) atoms. The zero-order chi connectivity index (χ0) is 17.3. The van der Waals surface area contributed by atoms with Crippen molar-refractivity contribution in [2.75, 3.05) is 36.5 Å². The van der Waals surface area contributed by atoms with Crippen LogP contribution in [0.3, 0.4) is 0 Å². The molecule has 2 N–H and O–H groups in total. The quantitative estimate of drug-likeness (QED) is 0.578. The van der Waals surface area contributed by atoms with Crippen LogP contribution in [0, 0.1) is 0 Å². The maximum atomic E-state index is 5.40. The van der Waals surface area contributed by atoms with E-state index in [0.717, 1.165) is 29.7 Å². The van der Waals surface area contributed by atoms with E-state index in [0.29, 0.717) is 36.0 Å². The molecule has 0 amide bonds. The van der Waals surface area contributed by atoms with E-state index < -0.39 is 0 Å². The van der Waals surface area contributed by atoms with Crippen LogP contribution in [0.25, 0.3) is 21.9 Å². The summed E-state index contributed by atoms with van der Waals surface area (Å²) in [7, 11) is 0. The fourth-order valence-corrected chi connectivity index (χ4v) is 3.01. The highest BCUT2D eigenvalue weighted by molar-refractivity contribution is 5.89. The molecule has 9 nitrogen and oxygen atoms in total. The zero-order valence-corrected chi connectivity index (χ0v) is 13.9. The maximum Gasteiger partial charge on any atom is 0.226 e. The van der Waals surface area contributed by atoms with Gasteiger partial charge in [-0.15, -0.1) is 0 Å². The lowest BCUT2D eigenvalue weighted by atomic mass is 10.2. The molecular formula is C17H16N8O. The zero-order valence-electron chi connectivity index (χ0n) is 13.9. The van der Waals surface area contributed by atoms with E-state index in [4.69, 9.17) is 9.72 Å². The van der Waals surface area contributed by atoms with Gasteiger partial charge < -0.3 is 15.0 Å². The number of aromatic amines is 1. The second kappa shape index (κ2) is 6.19. The van der Waals surface area contributed by atoms with Crippen LogP contribution in [0.4, 0.5) is 17.5 Å². The van der Waals surface area contributed by atoms with Crippen LogP contribution >= 0.6 is 0 Å². The number of rotatable bonds is 3. The van der Waals surface area contributed by atoms with Crippen molar-refractivity contribution < 1.29 is 4.74 Å². The molecule has 0 bridgehead atoms. The largest absolute Gasteiger partial charge is 0.378 e. The first-order valence-corrected chi connectivity index (χ1v) is 8.37. The third-order valence-corrected chi connectivity index (χ3v) is 4.36. The Hall–Kier alpha value is -3.33. The van der Waals surface area contributed by atoms with Gasteiger partial charge in [0.2, 0.25) is 5.95 Å². The summed E-state index contributed by atoms with van der Waals surface area (Å²) in [5, 5.41) is 11.4. The summed E-state index contributed by atoms with van der Waals surface area (Å²) in [5.74, 6) is 1.32. The highest BCUT2D eigenvalue weighted by atomic mass is 16.5. The van der Waals surface area contributed by atoms with Crippen molar-refractivity contribution in [3.8, 4) is 0 Å². The van der Waals surface area contributed by atoms with Crippen LogP contribution in [0.1, 0.15) is 0 Å². The number of hydrogen-bond donors (Lipinski definition) is 2. The van der Waals surface area contributed by atoms with Gasteiger partial charge in [0.25, 0.3) is 0 Å². The lowest BCUT2D eigenvalue weighted by molar-refractivity contribution is 0.122. The summed E-state index contributed by atoms with van der Waals surface area (Å²) < 4.78 is 5.40. The monoisotopic (exact) mass is 348 g/mol. The van der Waals surface area contributed by atoms with Gasteiger partial charge in [-0.3, -0.25) is 5.10 Å². The van der Waals surface area contributed by atoms with Crippen molar-refractivity contribution in [3.63, 3.8) is 0 Å². The number of ether oxygens (including phenoxy) is 1. The van der Waals surface area contributed by atoms with Crippen molar-refractivity contribution >= 4 is 39.4 Å². The molecule has 4 aromatic rings. The number of benzene rings is 1. The van der Waals surface area contributed by atoms with E-state index in [2.05, 4.69) is 35.4 Å². The molecule has 0 radical (unpaired) electrons. The lowest BCUT2D eigenvalue weighted by Gasteiger charge is -2.26. The summed E-state index contributed by atoms with van der Waals surface area (Å²) >= 11 is 0. The second-order valence-electron chi connectivity index (χ2n) is 6.02. The van der Waals surface area contributed by atoms with Crippen molar-refractivity contribution in [2.24, 2.45) is 0 Å². The number of morpholine rings is 1. The fourth-order valence-electron chi connectivity index (χ4n) is 3.01. The van der Waals surface area contributed by atoms with Gasteiger partial charge in [0.1, 0.15) is 17.4 Å². The maximum absolute atomic E-state index is 5.40. The van der Waals surface area contributed by atoms with Crippen molar-refractivity contribution in [1.82, 2.24) is 30.1 Å². The number of nitrogens with one attached hydrogen (secondary N) is 2. The van der Waals surface area contributed by atoms with E-state index in [1.165, 1.54) is 6.33 Å². The molecule has 0 unspecified atom stereocenters. The van der Waals surface area contributed by atoms with Gasteiger partial charge in [0, 0.05) is 24.2 Å². The minimum atomic E-state index is 0.648. The molecule has 0 atom stereocenters. The van der Waals surface area contributed by atoms with Gasteiger partial charge in [-0.05, 0) is 18.2 Å². The first kappa shape index (κ1) is 15.0. The predicted octanol–water partition coefficient (Wildman–Crippen LogP) is 1.88. The van der Waals surface area contributed by atoms with Gasteiger partial charge in [0.15, 0.2) is 5.82 Å². The van der Waals surface area contributed by atoms with Crippen molar-refractivity contribution in [2.45, 2.75) is 0 Å². The molecule has 5 rings (SSSR count). The molecule has 0 saturated carbocycles. The van der Waals surface area contributed by atoms with Gasteiger partial charge in [-0.1, -0.05) is 0 Å². The van der Waals surface area contributed by atoms with E-state index in [-0.39, 0.29) is 0 Å². The summed E-state index contributed by atoms with van der Waals surface area (Å²) in [5.41, 5.74) is 3.28. The first-order chi connectivity index (χ1) is 12.9. The normalized spacial score (nSPS) is 14.8. The molecule has 9 heteroatoms. The molecule has 1 saturated heterocycles. The van der Waals surface area contributed by atoms with Gasteiger partial charge >= 0.3 is 0 Å². The Morgan fingerprint density at radius 3 is 2.92 bits per heavy atom. The van der Waals surface area contributed by atoms with Crippen LogP contribution in [0.5, 0.6) is 0 Å². The summed E-state index contributed by atoms with van der Waals surface area (Å²) in [4.78, 5) is 19.9. The summed E-state index contributed by atoms with van der Waals surface area (Å²) in [6, 6.07) is 5.96. The SMILES string of the molecule is c1nc(Nc2ccc3[nH]ncc3c2)c2nc(N3CCOCC3)ncc2n1. The minimum absolute atomic E-state index is 0.648. The van der Waals surface area contributed by atoms with E-state index >= 15 is 0 Å². The standard InChI is InChI=1S/C17H16N8O/c1-2-13-11(8-21-24-13)7-12(1)22-16-15-14(19-10-20-16)9-18-17(23-15)25-3-5-26-6-4-25/h1-2,7-10H,3-6H2,(H,21,24)(H,19,20,22). The Morgan fingerprint density at radius 2 is 2.00 bits per heavy atom. The van der Waals surface area contributed by atoms with E-state index in [9.17, 15) is 0 Å². The Balaban J connectivity index is 1.53. The van der Waals surface area contributed by atoms with Crippen LogP contribution in [0.2, 0.25) is 0 Å². The Kier molecular flexibility index (Phi) is 3.56. The van der Waals surface area contributed by atoms with Crippen LogP contribution in [-0.4, -0.2) is 56.4 Å². The molecule has 0 spiro atoms. The fraction of sp³-hybridized carbons (Fsp3) is 0.235. The van der Waals surface area contributed by atoms with E-state index in [1.54, 1.807) is 12.4 Å². The number of anilines is 3. The minimum Gasteiger partial charge on any atom is -0.378 e. The number of aromatic nitrogens is 6. The smallest absolute Gasteiger partial charge is 0.226 e. The van der Waals surface area contributed by atoms with Crippen LogP contribution in [0.15, 0.2) is 36.9 Å². The summed E-state index contributed by atoms with van der Waals surface area (Å²) in [6.07, 6.45) is 5.04. The van der Waals surface area contributed by atoms with Gasteiger partial charge in [-0.25, -0.2) is 19.9 Å². The number of hydrogen-bond acceptors (Lipinski definition) is 8. The lowest BCUT2D eigenvalue weighted by Crippen LogP contribution is -2.37. The van der Waals surface area contributed by atoms with Crippen LogP contribution < -0.4 is 10.2 Å². The Bertz CT molecular complexity index is 1070. The third kappa shape index (κ3) is 2.68. The topological polar surface area (TPSA) is 105 Å². The average Bonchev–Trinajstić information content (AvgIpc) is 3.16. The predicted molar refractivity (Wildman–Crippen MR) is 97.5 cm³/mol. The Labute approximate surface area is 148 Å². The number of nitrogens with zero attached hydrogens (tertiary/aromatic N) is 6. The second-order valence-corrected chi connectivity index (χ2v) is 6.02. The molecule has 1 aromatic carbocycles. The summed E-state index contributed by atoms with van der Waals surface area (Å²) in [6.45, 7) is 2.92. The first-order valence-electron chi connectivity index (χ1n) is 8.37. The molecule has 1 aliphatic rings. The molecule has 130 valence electrons. The third-order valence-electron chi connectivity index (χ3n) is 4.36. The molecule has 4 heterocycles. The Morgan fingerprint density at radius 1 is 1.08 bits per heavy atom. The van der Waals surface area contributed by atoms with Gasteiger partial charge in [-0.2, -0.15) is 5.10 Å². The van der Waals surface area contributed by atoms with Crippen LogP contribution in [-0.2, 0) is 4.74 Å². The molecular weight excluding hydrogens is 332 g/mol.